The van der Waals surface area contributed by atoms with Crippen LogP contribution in [0.4, 0.5) is 0 Å². The molecule has 0 spiro atoms. The Morgan fingerprint density at radius 2 is 1.74 bits per heavy atom. The fourth-order valence-electron chi connectivity index (χ4n) is 4.23. The summed E-state index contributed by atoms with van der Waals surface area (Å²) in [4.78, 5) is 27.9. The Balaban J connectivity index is 1.93. The molecule has 1 amide bonds. The topological polar surface area (TPSA) is 84.0 Å². The standard InChI is InChI=1S/C22H34N2O5S2/c1-4-16(2)14-19(25)23-13-10-17-18(15-23)30-22(20(17)21(26)29-3)31(27,28)24-11-8-6-5-7-9-12-24/h16H,4-15H2,1-3H3. The van der Waals surface area contributed by atoms with E-state index < -0.39 is 16.0 Å². The lowest BCUT2D eigenvalue weighted by atomic mass is 10.0. The van der Waals surface area contributed by atoms with Crippen molar-refractivity contribution in [1.82, 2.24) is 9.21 Å². The van der Waals surface area contributed by atoms with Crippen molar-refractivity contribution in [2.24, 2.45) is 5.92 Å². The molecular weight excluding hydrogens is 436 g/mol. The number of esters is 1. The maximum atomic E-state index is 13.6. The molecular formula is C22H34N2O5S2. The molecule has 1 aromatic rings. The fraction of sp³-hybridized carbons (Fsp3) is 0.727. The van der Waals surface area contributed by atoms with Crippen LogP contribution in [0.15, 0.2) is 4.21 Å². The van der Waals surface area contributed by atoms with Gasteiger partial charge in [0, 0.05) is 30.9 Å². The number of carbonyl (C=O) groups is 2. The van der Waals surface area contributed by atoms with E-state index in [2.05, 4.69) is 13.8 Å². The Morgan fingerprint density at radius 1 is 1.10 bits per heavy atom. The third-order valence-electron chi connectivity index (χ3n) is 6.38. The van der Waals surface area contributed by atoms with Gasteiger partial charge >= 0.3 is 5.97 Å². The third kappa shape index (κ3) is 5.31. The van der Waals surface area contributed by atoms with Crippen LogP contribution in [0.3, 0.4) is 0 Å². The summed E-state index contributed by atoms with van der Waals surface area (Å²) in [6.07, 6.45) is 6.72. The molecule has 1 atom stereocenters. The molecule has 0 saturated carbocycles. The highest BCUT2D eigenvalue weighted by molar-refractivity contribution is 7.91. The van der Waals surface area contributed by atoms with Crippen LogP contribution in [0.2, 0.25) is 0 Å². The van der Waals surface area contributed by atoms with E-state index in [0.29, 0.717) is 44.9 Å². The van der Waals surface area contributed by atoms with Crippen LogP contribution in [0, 0.1) is 5.92 Å². The molecule has 31 heavy (non-hydrogen) atoms. The molecule has 9 heteroatoms. The van der Waals surface area contributed by atoms with E-state index >= 15 is 0 Å². The molecule has 0 aliphatic carbocycles. The monoisotopic (exact) mass is 470 g/mol. The molecule has 2 aliphatic heterocycles. The molecule has 0 aromatic carbocycles. The first kappa shape index (κ1) is 24.2. The first-order valence-corrected chi connectivity index (χ1v) is 13.6. The zero-order chi connectivity index (χ0) is 22.6. The van der Waals surface area contributed by atoms with E-state index in [0.717, 1.165) is 60.3 Å². The maximum absolute atomic E-state index is 13.6. The summed E-state index contributed by atoms with van der Waals surface area (Å²) in [6.45, 7) is 5.93. The van der Waals surface area contributed by atoms with E-state index in [4.69, 9.17) is 4.74 Å². The SMILES string of the molecule is CCC(C)CC(=O)N1CCc2c(sc(S(=O)(=O)N3CCCCCCC3)c2C(=O)OC)C1. The number of hydrogen-bond donors (Lipinski definition) is 0. The number of methoxy groups -OCH3 is 1. The smallest absolute Gasteiger partial charge is 0.340 e. The highest BCUT2D eigenvalue weighted by Crippen LogP contribution is 2.38. The van der Waals surface area contributed by atoms with Crippen LogP contribution >= 0.6 is 11.3 Å². The van der Waals surface area contributed by atoms with Crippen LogP contribution in [-0.4, -0.2) is 56.2 Å². The van der Waals surface area contributed by atoms with Gasteiger partial charge in [-0.15, -0.1) is 11.3 Å². The Labute approximate surface area is 189 Å². The lowest BCUT2D eigenvalue weighted by molar-refractivity contribution is -0.133. The summed E-state index contributed by atoms with van der Waals surface area (Å²) < 4.78 is 33.7. The Morgan fingerprint density at radius 3 is 2.35 bits per heavy atom. The molecule has 0 radical (unpaired) electrons. The average Bonchev–Trinajstić information content (AvgIpc) is 3.12. The van der Waals surface area contributed by atoms with E-state index in [-0.39, 0.29) is 15.7 Å². The average molecular weight is 471 g/mol. The summed E-state index contributed by atoms with van der Waals surface area (Å²) in [6, 6.07) is 0. The van der Waals surface area contributed by atoms with E-state index in [1.807, 2.05) is 0 Å². The van der Waals surface area contributed by atoms with E-state index in [1.165, 1.54) is 11.4 Å². The Hall–Kier alpha value is -1.45. The van der Waals surface area contributed by atoms with Gasteiger partial charge in [0.1, 0.15) is 4.21 Å². The molecule has 7 nitrogen and oxygen atoms in total. The van der Waals surface area contributed by atoms with Gasteiger partial charge in [0.15, 0.2) is 0 Å². The van der Waals surface area contributed by atoms with Crippen molar-refractivity contribution >= 4 is 33.2 Å². The second-order valence-electron chi connectivity index (χ2n) is 8.61. The van der Waals surface area contributed by atoms with Crippen molar-refractivity contribution in [3.05, 3.63) is 16.0 Å². The number of rotatable bonds is 6. The van der Waals surface area contributed by atoms with Crippen LogP contribution in [0.25, 0.3) is 0 Å². The van der Waals surface area contributed by atoms with Crippen LogP contribution in [0.5, 0.6) is 0 Å². The molecule has 1 aromatic heterocycles. The number of carbonyl (C=O) groups excluding carboxylic acids is 2. The number of amides is 1. The second-order valence-corrected chi connectivity index (χ2v) is 11.9. The second kappa shape index (κ2) is 10.4. The van der Waals surface area contributed by atoms with Gasteiger partial charge in [-0.2, -0.15) is 4.31 Å². The number of sulfonamides is 1. The van der Waals surface area contributed by atoms with Crippen molar-refractivity contribution in [2.45, 2.75) is 76.0 Å². The highest BCUT2D eigenvalue weighted by Gasteiger charge is 2.37. The molecule has 3 heterocycles. The first-order chi connectivity index (χ1) is 14.8. The van der Waals surface area contributed by atoms with Gasteiger partial charge < -0.3 is 9.64 Å². The van der Waals surface area contributed by atoms with Crippen LogP contribution in [-0.2, 0) is 32.5 Å². The van der Waals surface area contributed by atoms with Gasteiger partial charge in [0.2, 0.25) is 5.91 Å². The molecule has 1 fully saturated rings. The minimum Gasteiger partial charge on any atom is -0.465 e. The lowest BCUT2D eigenvalue weighted by Crippen LogP contribution is -2.36. The van der Waals surface area contributed by atoms with Crippen molar-refractivity contribution in [1.29, 1.82) is 0 Å². The summed E-state index contributed by atoms with van der Waals surface area (Å²) in [5.41, 5.74) is 0.911. The van der Waals surface area contributed by atoms with Gasteiger partial charge in [-0.25, -0.2) is 13.2 Å². The van der Waals surface area contributed by atoms with Crippen molar-refractivity contribution in [3.63, 3.8) is 0 Å². The third-order valence-corrected chi connectivity index (χ3v) is 9.99. The normalized spacial score (nSPS) is 19.3. The predicted octanol–water partition coefficient (Wildman–Crippen LogP) is 3.81. The largest absolute Gasteiger partial charge is 0.465 e. The quantitative estimate of drug-likeness (QED) is 0.590. The van der Waals surface area contributed by atoms with E-state index in [1.54, 1.807) is 4.90 Å². The fourth-order valence-corrected chi connectivity index (χ4v) is 7.79. The number of thiophene rings is 1. The van der Waals surface area contributed by atoms with Gasteiger partial charge in [-0.3, -0.25) is 4.79 Å². The molecule has 1 unspecified atom stereocenters. The van der Waals surface area contributed by atoms with Crippen LogP contribution < -0.4 is 0 Å². The highest BCUT2D eigenvalue weighted by atomic mass is 32.2. The lowest BCUT2D eigenvalue weighted by Gasteiger charge is -2.28. The van der Waals surface area contributed by atoms with Gasteiger partial charge in [-0.1, -0.05) is 39.5 Å². The van der Waals surface area contributed by atoms with Crippen molar-refractivity contribution in [2.75, 3.05) is 26.7 Å². The molecule has 3 rings (SSSR count). The van der Waals surface area contributed by atoms with Crippen molar-refractivity contribution in [3.8, 4) is 0 Å². The number of hydrogen-bond acceptors (Lipinski definition) is 6. The van der Waals surface area contributed by atoms with Crippen molar-refractivity contribution < 1.29 is 22.7 Å². The molecule has 174 valence electrons. The summed E-state index contributed by atoms with van der Waals surface area (Å²) in [7, 11) is -2.51. The zero-order valence-corrected chi connectivity index (χ0v) is 20.4. The maximum Gasteiger partial charge on any atom is 0.340 e. The molecule has 0 N–H and O–H groups in total. The summed E-state index contributed by atoms with van der Waals surface area (Å²) >= 11 is 1.14. The first-order valence-electron chi connectivity index (χ1n) is 11.3. The summed E-state index contributed by atoms with van der Waals surface area (Å²) in [5.74, 6) is -0.213. The molecule has 0 bridgehead atoms. The van der Waals surface area contributed by atoms with Gasteiger partial charge in [0.25, 0.3) is 10.0 Å². The predicted molar refractivity (Wildman–Crippen MR) is 121 cm³/mol. The minimum absolute atomic E-state index is 0.0844. The number of nitrogens with zero attached hydrogens (tertiary/aromatic N) is 2. The van der Waals surface area contributed by atoms with E-state index in [9.17, 15) is 18.0 Å². The Bertz CT molecular complexity index is 901. The molecule has 2 aliphatic rings. The Kier molecular flexibility index (Phi) is 8.15. The van der Waals surface area contributed by atoms with Crippen LogP contribution in [0.1, 0.15) is 79.6 Å². The molecule has 1 saturated heterocycles. The zero-order valence-electron chi connectivity index (χ0n) is 18.8. The van der Waals surface area contributed by atoms with Gasteiger partial charge in [-0.05, 0) is 30.7 Å². The minimum atomic E-state index is -3.79. The summed E-state index contributed by atoms with van der Waals surface area (Å²) in [5, 5.41) is 0. The van der Waals surface area contributed by atoms with Gasteiger partial charge in [0.05, 0.1) is 19.2 Å². The number of ether oxygens (including phenoxy) is 1. The number of fused-ring (bicyclic) bond motifs is 1.